The average Bonchev–Trinajstić information content (AvgIpc) is 3.13. The van der Waals surface area contributed by atoms with E-state index in [1.165, 1.54) is 6.42 Å². The molecular formula is C20H29N9. The van der Waals surface area contributed by atoms with Crippen LogP contribution in [-0.4, -0.2) is 37.0 Å². The van der Waals surface area contributed by atoms with Gasteiger partial charge in [0.05, 0.1) is 6.04 Å². The Morgan fingerprint density at radius 1 is 1.17 bits per heavy atom. The van der Waals surface area contributed by atoms with Crippen LogP contribution in [-0.2, 0) is 6.54 Å². The van der Waals surface area contributed by atoms with Gasteiger partial charge >= 0.3 is 0 Å². The molecular weight excluding hydrogens is 366 g/mol. The molecule has 2 heterocycles. The summed E-state index contributed by atoms with van der Waals surface area (Å²) in [5, 5.41) is 15.4. The molecule has 1 aliphatic rings. The van der Waals surface area contributed by atoms with E-state index in [-0.39, 0.29) is 18.1 Å². The average molecular weight is 396 g/mol. The van der Waals surface area contributed by atoms with E-state index in [1.807, 2.05) is 28.9 Å². The molecule has 1 fully saturated rings. The summed E-state index contributed by atoms with van der Waals surface area (Å²) in [7, 11) is 0. The first-order valence-corrected chi connectivity index (χ1v) is 10.2. The first-order chi connectivity index (χ1) is 14.0. The molecule has 1 aromatic carbocycles. The molecule has 2 atom stereocenters. The van der Waals surface area contributed by atoms with Crippen LogP contribution in [0.15, 0.2) is 24.3 Å². The van der Waals surface area contributed by atoms with Crippen LogP contribution in [0.2, 0.25) is 0 Å². The second-order valence-electron chi connectivity index (χ2n) is 7.95. The third-order valence-corrected chi connectivity index (χ3v) is 5.45. The Balaban J connectivity index is 1.66. The van der Waals surface area contributed by atoms with E-state index in [0.717, 1.165) is 30.5 Å². The van der Waals surface area contributed by atoms with E-state index < -0.39 is 0 Å². The van der Waals surface area contributed by atoms with Gasteiger partial charge in [0.25, 0.3) is 0 Å². The molecule has 9 heteroatoms. The van der Waals surface area contributed by atoms with E-state index in [0.29, 0.717) is 29.5 Å². The predicted molar refractivity (Wildman–Crippen MR) is 116 cm³/mol. The fraction of sp³-hybridized carbons (Fsp3) is 0.500. The highest BCUT2D eigenvalue weighted by Gasteiger charge is 2.24. The van der Waals surface area contributed by atoms with Crippen molar-refractivity contribution < 1.29 is 0 Å². The lowest BCUT2D eigenvalue weighted by Gasteiger charge is -2.29. The number of nitrogens with one attached hydrogen (secondary N) is 2. The summed E-state index contributed by atoms with van der Waals surface area (Å²) in [4.78, 5) is 9.41. The number of hydrogen-bond acceptors (Lipinski definition) is 8. The van der Waals surface area contributed by atoms with Crippen LogP contribution in [0.1, 0.15) is 51.1 Å². The van der Waals surface area contributed by atoms with Crippen LogP contribution >= 0.6 is 0 Å². The van der Waals surface area contributed by atoms with Gasteiger partial charge in [-0.15, -0.1) is 5.10 Å². The lowest BCUT2D eigenvalue weighted by Crippen LogP contribution is -2.43. The number of hydrogen-bond donors (Lipinski definition) is 4. The zero-order chi connectivity index (χ0) is 20.4. The Kier molecular flexibility index (Phi) is 5.48. The maximum Gasteiger partial charge on any atom is 0.227 e. The second kappa shape index (κ2) is 8.20. The highest BCUT2D eigenvalue weighted by Crippen LogP contribution is 2.25. The number of nitrogen functional groups attached to an aromatic ring is 1. The van der Waals surface area contributed by atoms with Crippen molar-refractivity contribution in [2.75, 3.05) is 16.4 Å². The summed E-state index contributed by atoms with van der Waals surface area (Å²) in [6, 6.07) is 8.18. The third kappa shape index (κ3) is 4.09. The molecule has 0 amide bonds. The maximum absolute atomic E-state index is 6.31. The molecule has 3 aromatic rings. The predicted octanol–water partition coefficient (Wildman–Crippen LogP) is 2.68. The van der Waals surface area contributed by atoms with Crippen molar-refractivity contribution in [3.63, 3.8) is 0 Å². The minimum absolute atomic E-state index is 0.108. The Morgan fingerprint density at radius 3 is 2.72 bits per heavy atom. The highest BCUT2D eigenvalue weighted by molar-refractivity contribution is 5.83. The van der Waals surface area contributed by atoms with Gasteiger partial charge in [-0.1, -0.05) is 36.3 Å². The number of nitrogens with two attached hydrogens (primary N) is 2. The number of benzene rings is 1. The van der Waals surface area contributed by atoms with Crippen molar-refractivity contribution in [3.8, 4) is 0 Å². The van der Waals surface area contributed by atoms with Crippen LogP contribution in [0.25, 0.3) is 11.2 Å². The summed E-state index contributed by atoms with van der Waals surface area (Å²) in [5.74, 6) is 1.18. The molecule has 0 spiro atoms. The fourth-order valence-electron chi connectivity index (χ4n) is 3.74. The molecule has 1 aliphatic carbocycles. The molecule has 4 rings (SSSR count). The number of anilines is 3. The Bertz CT molecular complexity index is 981. The second-order valence-corrected chi connectivity index (χ2v) is 7.95. The first-order valence-electron chi connectivity index (χ1n) is 10.2. The summed E-state index contributed by atoms with van der Waals surface area (Å²) >= 11 is 0. The molecule has 29 heavy (non-hydrogen) atoms. The van der Waals surface area contributed by atoms with Crippen LogP contribution in [0, 0.1) is 0 Å². The van der Waals surface area contributed by atoms with Gasteiger partial charge in [-0.25, -0.2) is 4.68 Å². The molecule has 0 saturated heterocycles. The number of nitrogens with zero attached hydrogens (tertiary/aromatic N) is 5. The van der Waals surface area contributed by atoms with E-state index in [1.54, 1.807) is 0 Å². The Hall–Kier alpha value is -2.94. The minimum Gasteiger partial charge on any atom is -0.398 e. The van der Waals surface area contributed by atoms with Crippen molar-refractivity contribution in [3.05, 3.63) is 29.8 Å². The van der Waals surface area contributed by atoms with E-state index >= 15 is 0 Å². The molecule has 2 aromatic heterocycles. The highest BCUT2D eigenvalue weighted by atomic mass is 15.5. The topological polar surface area (TPSA) is 133 Å². The molecule has 2 unspecified atom stereocenters. The van der Waals surface area contributed by atoms with Crippen LogP contribution in [0.3, 0.4) is 0 Å². The molecule has 154 valence electrons. The summed E-state index contributed by atoms with van der Waals surface area (Å²) in [6.07, 6.45) is 4.38. The van der Waals surface area contributed by atoms with Gasteiger partial charge < -0.3 is 22.1 Å². The maximum atomic E-state index is 6.31. The third-order valence-electron chi connectivity index (χ3n) is 5.45. The zero-order valence-corrected chi connectivity index (χ0v) is 17.0. The van der Waals surface area contributed by atoms with Crippen molar-refractivity contribution >= 4 is 28.6 Å². The minimum atomic E-state index is 0.108. The van der Waals surface area contributed by atoms with Gasteiger partial charge in [-0.2, -0.15) is 9.97 Å². The lowest BCUT2D eigenvalue weighted by molar-refractivity contribution is 0.402. The van der Waals surface area contributed by atoms with Crippen LogP contribution in [0.5, 0.6) is 0 Å². The number of para-hydroxylation sites is 1. The standard InChI is InChI=1S/C20H29N9/c1-12(2)29-19-17(27-28-29)18(23-11-13-7-3-4-8-14(13)21)25-20(26-19)24-16-10-6-5-9-15(16)22/h3-4,7-8,12,15-16H,5-6,9-11,21-22H2,1-2H3,(H2,23,24,25,26). The van der Waals surface area contributed by atoms with Crippen LogP contribution in [0.4, 0.5) is 17.5 Å². The molecule has 9 nitrogen and oxygen atoms in total. The molecule has 6 N–H and O–H groups in total. The van der Waals surface area contributed by atoms with Gasteiger partial charge in [0.15, 0.2) is 17.0 Å². The fourth-order valence-corrected chi connectivity index (χ4v) is 3.74. The summed E-state index contributed by atoms with van der Waals surface area (Å²) in [5.41, 5.74) is 15.5. The SMILES string of the molecule is CC(C)n1nnc2c(NCc3ccccc3N)nc(NC3CCCCC3N)nc21. The van der Waals surface area contributed by atoms with Gasteiger partial charge in [0.2, 0.25) is 5.95 Å². The van der Waals surface area contributed by atoms with Crippen molar-refractivity contribution in [2.45, 2.75) is 64.2 Å². The van der Waals surface area contributed by atoms with Crippen molar-refractivity contribution in [1.29, 1.82) is 0 Å². The van der Waals surface area contributed by atoms with Gasteiger partial charge in [-0.05, 0) is 38.3 Å². The first kappa shape index (κ1) is 19.4. The molecule has 0 radical (unpaired) electrons. The monoisotopic (exact) mass is 395 g/mol. The van der Waals surface area contributed by atoms with Crippen LogP contribution < -0.4 is 22.1 Å². The van der Waals surface area contributed by atoms with Gasteiger partial charge in [0, 0.05) is 24.3 Å². The zero-order valence-electron chi connectivity index (χ0n) is 17.0. The summed E-state index contributed by atoms with van der Waals surface area (Å²) < 4.78 is 1.81. The van der Waals surface area contributed by atoms with Gasteiger partial charge in [0.1, 0.15) is 0 Å². The largest absolute Gasteiger partial charge is 0.398 e. The van der Waals surface area contributed by atoms with Gasteiger partial charge in [-0.3, -0.25) is 0 Å². The number of fused-ring (bicyclic) bond motifs is 1. The molecule has 0 bridgehead atoms. The Morgan fingerprint density at radius 2 is 1.97 bits per heavy atom. The quantitative estimate of drug-likeness (QED) is 0.468. The smallest absolute Gasteiger partial charge is 0.227 e. The van der Waals surface area contributed by atoms with Crippen molar-refractivity contribution in [2.24, 2.45) is 5.73 Å². The number of rotatable bonds is 6. The Labute approximate surface area is 170 Å². The number of aromatic nitrogens is 5. The lowest BCUT2D eigenvalue weighted by atomic mass is 9.91. The molecule has 1 saturated carbocycles. The summed E-state index contributed by atoms with van der Waals surface area (Å²) in [6.45, 7) is 4.64. The van der Waals surface area contributed by atoms with E-state index in [4.69, 9.17) is 21.4 Å². The van der Waals surface area contributed by atoms with E-state index in [2.05, 4.69) is 34.8 Å². The normalized spacial score (nSPS) is 19.6. The van der Waals surface area contributed by atoms with E-state index in [9.17, 15) is 0 Å². The van der Waals surface area contributed by atoms with Crippen molar-refractivity contribution in [1.82, 2.24) is 25.0 Å². The molecule has 0 aliphatic heterocycles.